The van der Waals surface area contributed by atoms with Gasteiger partial charge < -0.3 is 20.7 Å². The molecule has 2 rings (SSSR count). The van der Waals surface area contributed by atoms with E-state index in [9.17, 15) is 9.18 Å². The number of thiophene rings is 1. The standard InChI is InChI=1S/C19H25FN4O2S.HI/c1-14(26-16-8-6-15(20)7-9-16)13-24-19(21-2)23-11-4-10-22-18(25)17-5-3-12-27-17;/h3,5-9,12,14H,4,10-11,13H2,1-2H3,(H,22,25)(H2,21,23,24);1H. The second-order valence-electron chi connectivity index (χ2n) is 5.85. The van der Waals surface area contributed by atoms with Gasteiger partial charge in [0.15, 0.2) is 5.96 Å². The van der Waals surface area contributed by atoms with E-state index in [-0.39, 0.29) is 41.8 Å². The van der Waals surface area contributed by atoms with Crippen LogP contribution in [0.3, 0.4) is 0 Å². The fourth-order valence-corrected chi connectivity index (χ4v) is 2.88. The van der Waals surface area contributed by atoms with E-state index >= 15 is 0 Å². The van der Waals surface area contributed by atoms with Crippen LogP contribution in [0.5, 0.6) is 5.75 Å². The molecule has 1 amide bonds. The van der Waals surface area contributed by atoms with Gasteiger partial charge in [-0.2, -0.15) is 0 Å². The molecule has 0 bridgehead atoms. The number of rotatable bonds is 9. The molecule has 0 spiro atoms. The van der Waals surface area contributed by atoms with Gasteiger partial charge >= 0.3 is 0 Å². The van der Waals surface area contributed by atoms with Crippen molar-refractivity contribution < 1.29 is 13.9 Å². The monoisotopic (exact) mass is 520 g/mol. The van der Waals surface area contributed by atoms with E-state index in [1.54, 1.807) is 25.2 Å². The third-order valence-corrected chi connectivity index (χ3v) is 4.48. The van der Waals surface area contributed by atoms with Gasteiger partial charge in [0.05, 0.1) is 11.4 Å². The Labute approximate surface area is 186 Å². The van der Waals surface area contributed by atoms with Crippen LogP contribution >= 0.6 is 35.3 Å². The first-order valence-corrected chi connectivity index (χ1v) is 9.65. The first-order valence-electron chi connectivity index (χ1n) is 8.77. The van der Waals surface area contributed by atoms with E-state index in [1.165, 1.54) is 23.5 Å². The third kappa shape index (κ3) is 8.87. The van der Waals surface area contributed by atoms with Gasteiger partial charge in [0.25, 0.3) is 5.91 Å². The number of carbonyl (C=O) groups is 1. The number of aliphatic imine (C=N–C) groups is 1. The van der Waals surface area contributed by atoms with Crippen molar-refractivity contribution in [2.24, 2.45) is 4.99 Å². The summed E-state index contributed by atoms with van der Waals surface area (Å²) in [5.74, 6) is 0.952. The maximum Gasteiger partial charge on any atom is 0.261 e. The molecule has 9 heteroatoms. The van der Waals surface area contributed by atoms with Crippen molar-refractivity contribution >= 4 is 47.2 Å². The van der Waals surface area contributed by atoms with Crippen molar-refractivity contribution in [2.45, 2.75) is 19.4 Å². The smallest absolute Gasteiger partial charge is 0.261 e. The molecule has 2 aromatic rings. The Morgan fingerprint density at radius 2 is 1.89 bits per heavy atom. The topological polar surface area (TPSA) is 74.8 Å². The van der Waals surface area contributed by atoms with Crippen LogP contribution < -0.4 is 20.7 Å². The quantitative estimate of drug-likeness (QED) is 0.206. The molecule has 1 unspecified atom stereocenters. The molecule has 1 atom stereocenters. The Hall–Kier alpha value is -1.88. The van der Waals surface area contributed by atoms with Gasteiger partial charge in [-0.1, -0.05) is 6.07 Å². The van der Waals surface area contributed by atoms with Gasteiger partial charge in [0.2, 0.25) is 0 Å². The Balaban J connectivity index is 0.00000392. The second kappa shape index (κ2) is 13.3. The Morgan fingerprint density at radius 1 is 1.18 bits per heavy atom. The van der Waals surface area contributed by atoms with E-state index in [4.69, 9.17) is 4.74 Å². The zero-order valence-electron chi connectivity index (χ0n) is 15.9. The molecule has 1 aromatic heterocycles. The molecule has 0 aliphatic carbocycles. The average Bonchev–Trinajstić information content (AvgIpc) is 3.20. The number of ether oxygens (including phenoxy) is 1. The van der Waals surface area contributed by atoms with Crippen LogP contribution in [-0.4, -0.2) is 44.7 Å². The highest BCUT2D eigenvalue weighted by atomic mass is 127. The lowest BCUT2D eigenvalue weighted by Gasteiger charge is -2.17. The lowest BCUT2D eigenvalue weighted by molar-refractivity contribution is 0.0957. The van der Waals surface area contributed by atoms with Crippen molar-refractivity contribution in [1.29, 1.82) is 0 Å². The van der Waals surface area contributed by atoms with Crippen molar-refractivity contribution in [2.75, 3.05) is 26.7 Å². The van der Waals surface area contributed by atoms with Gasteiger partial charge in [-0.25, -0.2) is 4.39 Å². The number of hydrogen-bond donors (Lipinski definition) is 3. The average molecular weight is 520 g/mol. The number of halogens is 2. The van der Waals surface area contributed by atoms with Crippen molar-refractivity contribution in [3.05, 3.63) is 52.5 Å². The van der Waals surface area contributed by atoms with Crippen molar-refractivity contribution in [3.8, 4) is 5.75 Å². The SMILES string of the molecule is CN=C(NCCCNC(=O)c1cccs1)NCC(C)Oc1ccc(F)cc1.I. The lowest BCUT2D eigenvalue weighted by atomic mass is 10.3. The normalized spacial score (nSPS) is 11.9. The Morgan fingerprint density at radius 3 is 2.54 bits per heavy atom. The van der Waals surface area contributed by atoms with Crippen molar-refractivity contribution in [1.82, 2.24) is 16.0 Å². The molecule has 0 aliphatic rings. The van der Waals surface area contributed by atoms with Crippen LogP contribution in [0.15, 0.2) is 46.8 Å². The molecule has 3 N–H and O–H groups in total. The van der Waals surface area contributed by atoms with E-state index in [2.05, 4.69) is 20.9 Å². The molecular formula is C19H26FIN4O2S. The Kier molecular flexibility index (Phi) is 11.5. The molecule has 0 fully saturated rings. The Bertz CT molecular complexity index is 726. The number of benzene rings is 1. The zero-order valence-corrected chi connectivity index (χ0v) is 19.1. The number of amides is 1. The summed E-state index contributed by atoms with van der Waals surface area (Å²) in [6.45, 7) is 3.73. The molecule has 0 aliphatic heterocycles. The van der Waals surface area contributed by atoms with E-state index in [0.29, 0.717) is 31.3 Å². The van der Waals surface area contributed by atoms with Gasteiger partial charge in [0.1, 0.15) is 17.7 Å². The number of nitrogens with one attached hydrogen (secondary N) is 3. The maximum atomic E-state index is 12.9. The van der Waals surface area contributed by atoms with Crippen LogP contribution in [0.1, 0.15) is 23.0 Å². The van der Waals surface area contributed by atoms with Crippen LogP contribution in [0.25, 0.3) is 0 Å². The molecule has 0 saturated carbocycles. The molecule has 0 radical (unpaired) electrons. The van der Waals surface area contributed by atoms with Crippen LogP contribution in [0, 0.1) is 5.82 Å². The summed E-state index contributed by atoms with van der Waals surface area (Å²) in [6, 6.07) is 9.60. The van der Waals surface area contributed by atoms with Crippen molar-refractivity contribution in [3.63, 3.8) is 0 Å². The number of guanidine groups is 1. The first-order chi connectivity index (χ1) is 13.1. The minimum Gasteiger partial charge on any atom is -0.489 e. The molecule has 28 heavy (non-hydrogen) atoms. The minimum atomic E-state index is -0.288. The van der Waals surface area contributed by atoms with Gasteiger partial charge in [-0.15, -0.1) is 35.3 Å². The molecule has 6 nitrogen and oxygen atoms in total. The van der Waals surface area contributed by atoms with Gasteiger partial charge in [-0.3, -0.25) is 9.79 Å². The molecule has 0 saturated heterocycles. The fourth-order valence-electron chi connectivity index (χ4n) is 2.24. The summed E-state index contributed by atoms with van der Waals surface area (Å²) in [6.07, 6.45) is 0.665. The number of nitrogens with zero attached hydrogens (tertiary/aromatic N) is 1. The molecular weight excluding hydrogens is 494 g/mol. The highest BCUT2D eigenvalue weighted by Crippen LogP contribution is 2.12. The van der Waals surface area contributed by atoms with Crippen LogP contribution in [0.4, 0.5) is 4.39 Å². The predicted octanol–water partition coefficient (Wildman–Crippen LogP) is 3.26. The largest absolute Gasteiger partial charge is 0.489 e. The van der Waals surface area contributed by atoms with Crippen LogP contribution in [-0.2, 0) is 0 Å². The van der Waals surface area contributed by atoms with E-state index < -0.39 is 0 Å². The fraction of sp³-hybridized carbons (Fsp3) is 0.368. The second-order valence-corrected chi connectivity index (χ2v) is 6.80. The zero-order chi connectivity index (χ0) is 19.5. The number of carbonyl (C=O) groups excluding carboxylic acids is 1. The minimum absolute atomic E-state index is 0. The summed E-state index contributed by atoms with van der Waals surface area (Å²) >= 11 is 1.43. The van der Waals surface area contributed by atoms with Crippen LogP contribution in [0.2, 0.25) is 0 Å². The molecule has 1 aromatic carbocycles. The number of hydrogen-bond acceptors (Lipinski definition) is 4. The highest BCUT2D eigenvalue weighted by molar-refractivity contribution is 14.0. The summed E-state index contributed by atoms with van der Waals surface area (Å²) in [5, 5.41) is 11.1. The summed E-state index contributed by atoms with van der Waals surface area (Å²) in [5.41, 5.74) is 0. The van der Waals surface area contributed by atoms with E-state index in [0.717, 1.165) is 11.3 Å². The maximum absolute atomic E-state index is 12.9. The van der Waals surface area contributed by atoms with Gasteiger partial charge in [-0.05, 0) is 49.1 Å². The summed E-state index contributed by atoms with van der Waals surface area (Å²) in [4.78, 5) is 16.7. The lowest BCUT2D eigenvalue weighted by Crippen LogP contribution is -2.42. The predicted molar refractivity (Wildman–Crippen MR) is 123 cm³/mol. The van der Waals surface area contributed by atoms with Gasteiger partial charge in [0, 0.05) is 20.1 Å². The van der Waals surface area contributed by atoms with E-state index in [1.807, 2.05) is 18.4 Å². The summed E-state index contributed by atoms with van der Waals surface area (Å²) < 4.78 is 18.6. The molecule has 1 heterocycles. The molecule has 154 valence electrons. The summed E-state index contributed by atoms with van der Waals surface area (Å²) in [7, 11) is 1.69. The third-order valence-electron chi connectivity index (χ3n) is 3.61. The highest BCUT2D eigenvalue weighted by Gasteiger charge is 2.07. The first kappa shape index (κ1) is 24.2.